The van der Waals surface area contributed by atoms with E-state index in [0.717, 1.165) is 42.0 Å². The van der Waals surface area contributed by atoms with Gasteiger partial charge in [0.05, 0.1) is 137 Å². The topological polar surface area (TPSA) is 320 Å². The lowest BCUT2D eigenvalue weighted by molar-refractivity contribution is -0.277. The number of hydrogen-bond acceptors (Lipinski definition) is 21. The molecule has 7 fully saturated rings. The van der Waals surface area contributed by atoms with Gasteiger partial charge in [-0.2, -0.15) is 13.7 Å². The van der Waals surface area contributed by atoms with Crippen molar-refractivity contribution in [1.29, 1.82) is 5.26 Å². The molecule has 8 bridgehead atoms. The number of ketones is 1. The standard InChI is InChI=1S/C64H93N7O18S/c1-6-40(3)28-48-13-15-53-41(4)29-50(84-53)18-19-64-35-52(74)61(89-64)57-34-58(88-64)62-54(86-57)16-14-49(85-62)30-45(72)31-51-55(33-47(7-2)83-48)87-56(60(51)78-5)32-46(73)38-68-63(75)82-39-42-8-11-44(12-9-42)71(90(76,77)59-17-10-43(36-65)37-67-59)21-23-80-25-27-81-26-24-79-22-20-69-70-66/h8-12,17,37,40,46-58,60-62,73-74H,4,6-7,13-16,18-35,38-39H2,1-3,5H3,(H,68,75)/t40-,46-,47-,48-,49+,50-,51-,52+,53-,54-,55-,56+,57+,58+,60+,61-,62-,64+/m0/s1. The summed E-state index contributed by atoms with van der Waals surface area (Å²) in [5.41, 5.74) is 10.5. The number of pyridine rings is 1. The van der Waals surface area contributed by atoms with Crippen LogP contribution >= 0.6 is 0 Å². The van der Waals surface area contributed by atoms with Crippen LogP contribution < -0.4 is 9.62 Å². The molecule has 25 nitrogen and oxygen atoms in total. The van der Waals surface area contributed by atoms with Crippen molar-refractivity contribution in [2.75, 3.05) is 70.7 Å². The smallest absolute Gasteiger partial charge is 0.407 e. The minimum atomic E-state index is -4.24. The van der Waals surface area contributed by atoms with Crippen LogP contribution in [0.4, 0.5) is 10.5 Å². The fraction of sp³-hybridized carbons (Fsp3) is 0.750. The number of rotatable bonds is 26. The third-order valence-electron chi connectivity index (χ3n) is 18.6. The number of aromatic nitrogens is 1. The Bertz CT molecular complexity index is 2850. The van der Waals surface area contributed by atoms with Gasteiger partial charge in [0.1, 0.15) is 30.7 Å². The van der Waals surface area contributed by atoms with Crippen molar-refractivity contribution in [3.8, 4) is 6.07 Å². The van der Waals surface area contributed by atoms with E-state index in [-0.39, 0.29) is 149 Å². The van der Waals surface area contributed by atoms with Gasteiger partial charge in [0.2, 0.25) is 0 Å². The highest BCUT2D eigenvalue weighted by atomic mass is 32.2. The molecule has 26 heteroatoms. The molecule has 0 aliphatic carbocycles. The molecule has 9 rings (SSSR count). The van der Waals surface area contributed by atoms with Crippen molar-refractivity contribution in [3.63, 3.8) is 0 Å². The van der Waals surface area contributed by atoms with E-state index in [2.05, 4.69) is 47.7 Å². The molecule has 498 valence electrons. The second kappa shape index (κ2) is 33.3. The number of azide groups is 1. The molecule has 1 spiro atoms. The number of nitrogens with zero attached hydrogens (tertiary/aromatic N) is 6. The average Bonchev–Trinajstić information content (AvgIpc) is 1.56. The Morgan fingerprint density at radius 3 is 2.38 bits per heavy atom. The number of aliphatic hydroxyl groups is 2. The van der Waals surface area contributed by atoms with E-state index in [1.54, 1.807) is 31.4 Å². The summed E-state index contributed by atoms with van der Waals surface area (Å²) in [7, 11) is -2.65. The summed E-state index contributed by atoms with van der Waals surface area (Å²) in [6.07, 6.45) is 3.15. The lowest BCUT2D eigenvalue weighted by Crippen LogP contribution is -2.58. The highest BCUT2D eigenvalue weighted by Gasteiger charge is 2.60. The number of carbonyl (C=O) groups excluding carboxylic acids is 2. The predicted molar refractivity (Wildman–Crippen MR) is 325 cm³/mol. The number of alkyl carbamates (subject to hydrolysis) is 1. The highest BCUT2D eigenvalue weighted by Crippen LogP contribution is 2.49. The number of anilines is 1. The van der Waals surface area contributed by atoms with E-state index >= 15 is 0 Å². The van der Waals surface area contributed by atoms with E-state index in [1.165, 1.54) is 18.3 Å². The Balaban J connectivity index is 0.821. The summed E-state index contributed by atoms with van der Waals surface area (Å²) in [5.74, 6) is -0.994. The molecule has 7 saturated heterocycles. The highest BCUT2D eigenvalue weighted by molar-refractivity contribution is 7.92. The summed E-state index contributed by atoms with van der Waals surface area (Å²) in [6, 6.07) is 10.9. The number of methoxy groups -OCH3 is 1. The Morgan fingerprint density at radius 2 is 1.66 bits per heavy atom. The van der Waals surface area contributed by atoms with Gasteiger partial charge in [0.15, 0.2) is 10.8 Å². The molecule has 1 aromatic heterocycles. The number of benzene rings is 1. The molecule has 18 atom stereocenters. The van der Waals surface area contributed by atoms with Gasteiger partial charge in [-0.05, 0) is 98.2 Å². The van der Waals surface area contributed by atoms with Crippen LogP contribution in [0, 0.1) is 23.2 Å². The maximum atomic E-state index is 14.5. The molecule has 1 aromatic carbocycles. The van der Waals surface area contributed by atoms with Crippen molar-refractivity contribution in [1.82, 2.24) is 10.3 Å². The van der Waals surface area contributed by atoms with Gasteiger partial charge in [0, 0.05) is 82.2 Å². The summed E-state index contributed by atoms with van der Waals surface area (Å²) >= 11 is 0. The minimum absolute atomic E-state index is 0.00205. The third kappa shape index (κ3) is 18.5. The number of carbonyl (C=O) groups is 2. The van der Waals surface area contributed by atoms with Crippen molar-refractivity contribution >= 4 is 27.6 Å². The zero-order chi connectivity index (χ0) is 63.8. The molecule has 3 N–H and O–H groups in total. The number of nitrogens with one attached hydrogen (secondary N) is 1. The number of hydrogen-bond donors (Lipinski definition) is 3. The summed E-state index contributed by atoms with van der Waals surface area (Å²) in [4.78, 5) is 34.4. The SMILES string of the molecule is C=C1C[C@@H]2CC[C@]34C[C@@H](O)[C@H](O3)[C@H]3C[C@@H](O4)[C@H]4O[C@H](CC[C@@H]4O3)CC(=O)C[C@@H]3[C@@H](OC)[C@@H](C[C@H](O)CNC(=O)OCc4ccc(N(CCOCCOCCOCCN=[N+]=[N-])S(=O)(=O)c5ccc(C#N)cn5)cc4)O[C@H]3C[C@H](CC)O[C@H](C[C@@H](C)CC)CC[C@@H]1O2. The van der Waals surface area contributed by atoms with E-state index in [4.69, 9.17) is 62.4 Å². The van der Waals surface area contributed by atoms with Crippen LogP contribution in [0.3, 0.4) is 0 Å². The summed E-state index contributed by atoms with van der Waals surface area (Å²) in [5, 5.41) is 38.0. The minimum Gasteiger partial charge on any atom is -0.445 e. The molecule has 0 saturated carbocycles. The van der Waals surface area contributed by atoms with Crippen LogP contribution in [-0.2, 0) is 78.3 Å². The predicted octanol–water partition coefficient (Wildman–Crippen LogP) is 7.46. The first kappa shape index (κ1) is 69.4. The van der Waals surface area contributed by atoms with Gasteiger partial charge < -0.3 is 72.4 Å². The summed E-state index contributed by atoms with van der Waals surface area (Å²) < 4.78 is 105. The number of fused-ring (bicyclic) bond motifs is 7. The van der Waals surface area contributed by atoms with Crippen LogP contribution in [-0.4, -0.2) is 199 Å². The van der Waals surface area contributed by atoms with E-state index in [1.807, 2.05) is 6.07 Å². The van der Waals surface area contributed by atoms with Crippen LogP contribution in [0.15, 0.2) is 64.9 Å². The van der Waals surface area contributed by atoms with E-state index in [0.29, 0.717) is 69.5 Å². The first-order valence-electron chi connectivity index (χ1n) is 32.3. The number of sulfonamides is 1. The number of ether oxygens (including phenoxy) is 12. The lowest BCUT2D eigenvalue weighted by Gasteiger charge is -2.47. The molecular formula is C64H93N7O18S. The third-order valence-corrected chi connectivity index (χ3v) is 20.4. The fourth-order valence-electron chi connectivity index (χ4n) is 13.8. The summed E-state index contributed by atoms with van der Waals surface area (Å²) in [6.45, 7) is 12.0. The zero-order valence-corrected chi connectivity index (χ0v) is 53.3. The van der Waals surface area contributed by atoms with Crippen molar-refractivity contribution in [2.24, 2.45) is 17.0 Å². The largest absolute Gasteiger partial charge is 0.445 e. The van der Waals surface area contributed by atoms with Gasteiger partial charge in [0.25, 0.3) is 10.0 Å². The molecule has 7 aliphatic rings. The van der Waals surface area contributed by atoms with Crippen LogP contribution in [0.1, 0.15) is 135 Å². The second-order valence-corrected chi connectivity index (χ2v) is 26.9. The molecule has 0 unspecified atom stereocenters. The normalized spacial score (nSPS) is 32.7. The fourth-order valence-corrected chi connectivity index (χ4v) is 15.2. The maximum Gasteiger partial charge on any atom is 0.407 e. The monoisotopic (exact) mass is 1280 g/mol. The number of aliphatic hydroxyl groups excluding tert-OH is 2. The van der Waals surface area contributed by atoms with Crippen LogP contribution in [0.25, 0.3) is 10.4 Å². The number of Topliss-reactive ketones (excluding diaryl/α,β-unsaturated/α-hetero) is 1. The van der Waals surface area contributed by atoms with Crippen molar-refractivity contribution in [2.45, 2.75) is 232 Å². The molecule has 0 radical (unpaired) electrons. The second-order valence-electron chi connectivity index (χ2n) is 25.1. The Morgan fingerprint density at radius 1 is 0.889 bits per heavy atom. The zero-order valence-electron chi connectivity index (χ0n) is 52.5. The van der Waals surface area contributed by atoms with Gasteiger partial charge >= 0.3 is 6.09 Å². The van der Waals surface area contributed by atoms with Gasteiger partial charge in [-0.25, -0.2) is 9.78 Å². The Kier molecular flexibility index (Phi) is 25.7. The molecular weight excluding hydrogens is 1190 g/mol. The van der Waals surface area contributed by atoms with Gasteiger partial charge in [-0.1, -0.05) is 51.0 Å². The Hall–Kier alpha value is -4.92. The van der Waals surface area contributed by atoms with E-state index < -0.39 is 70.5 Å². The van der Waals surface area contributed by atoms with Crippen molar-refractivity contribution in [3.05, 3.63) is 76.3 Å². The maximum absolute atomic E-state index is 14.5. The molecule has 8 heterocycles. The van der Waals surface area contributed by atoms with Crippen molar-refractivity contribution < 1.29 is 85.1 Å². The quantitative estimate of drug-likeness (QED) is 0.0270. The van der Waals surface area contributed by atoms with Crippen LogP contribution in [0.2, 0.25) is 0 Å². The molecule has 90 heavy (non-hydrogen) atoms. The lowest BCUT2D eigenvalue weighted by atomic mass is 9.84. The molecule has 7 aliphatic heterocycles. The Labute approximate surface area is 528 Å². The van der Waals surface area contributed by atoms with E-state index in [9.17, 15) is 33.5 Å². The molecule has 1 amide bonds. The first-order valence-corrected chi connectivity index (χ1v) is 33.8. The first-order chi connectivity index (χ1) is 43.5. The van der Waals surface area contributed by atoms with Gasteiger partial charge in [-0.3, -0.25) is 9.10 Å². The average molecular weight is 1280 g/mol. The molecule has 2 aromatic rings. The van der Waals surface area contributed by atoms with Gasteiger partial charge in [-0.15, -0.1) is 0 Å². The number of amides is 1. The van der Waals surface area contributed by atoms with Crippen LogP contribution in [0.5, 0.6) is 0 Å². The number of nitriles is 1.